The third-order valence-electron chi connectivity index (χ3n) is 5.84. The standard InChI is InChI=1S/C23H30N4O/c1-22(2)15-10-16-23(3,4)27(22)28-21(18-11-6-5-7-12-18)17-26-20-14-9-8-13-19(20)24-25-26/h5-9,11-14,21H,10,15-17H2,1-4H3. The molecule has 1 fully saturated rings. The molecule has 1 atom stereocenters. The number of hydrogen-bond acceptors (Lipinski definition) is 4. The second-order valence-corrected chi connectivity index (χ2v) is 9.04. The van der Waals surface area contributed by atoms with Crippen LogP contribution in [0.25, 0.3) is 11.0 Å². The highest BCUT2D eigenvalue weighted by Crippen LogP contribution is 2.40. The number of aromatic nitrogens is 3. The number of fused-ring (bicyclic) bond motifs is 1. The minimum atomic E-state index is -0.136. The molecule has 0 aliphatic carbocycles. The zero-order valence-corrected chi connectivity index (χ0v) is 17.3. The van der Waals surface area contributed by atoms with E-state index < -0.39 is 0 Å². The number of nitrogens with zero attached hydrogens (tertiary/aromatic N) is 4. The molecule has 1 aliphatic rings. The van der Waals surface area contributed by atoms with Crippen molar-refractivity contribution in [2.24, 2.45) is 0 Å². The molecule has 148 valence electrons. The Morgan fingerprint density at radius 2 is 1.57 bits per heavy atom. The van der Waals surface area contributed by atoms with Crippen LogP contribution < -0.4 is 0 Å². The van der Waals surface area contributed by atoms with Gasteiger partial charge in [0.25, 0.3) is 0 Å². The molecule has 4 rings (SSSR count). The van der Waals surface area contributed by atoms with Gasteiger partial charge in [-0.25, -0.2) is 4.68 Å². The lowest BCUT2D eigenvalue weighted by Gasteiger charge is -2.52. The number of hydrogen-bond donors (Lipinski definition) is 0. The number of para-hydroxylation sites is 1. The van der Waals surface area contributed by atoms with Gasteiger partial charge >= 0.3 is 0 Å². The Labute approximate surface area is 167 Å². The van der Waals surface area contributed by atoms with Gasteiger partial charge in [-0.15, -0.1) is 5.10 Å². The fourth-order valence-corrected chi connectivity index (χ4v) is 4.47. The van der Waals surface area contributed by atoms with Crippen LogP contribution in [0.1, 0.15) is 58.6 Å². The number of benzene rings is 2. The van der Waals surface area contributed by atoms with Crippen molar-refractivity contribution in [2.45, 2.75) is 70.7 Å². The van der Waals surface area contributed by atoms with E-state index in [0.717, 1.165) is 29.4 Å². The first-order valence-electron chi connectivity index (χ1n) is 10.2. The van der Waals surface area contributed by atoms with Crippen molar-refractivity contribution in [3.05, 3.63) is 60.2 Å². The molecule has 0 N–H and O–H groups in total. The van der Waals surface area contributed by atoms with E-state index >= 15 is 0 Å². The predicted octanol–water partition coefficient (Wildman–Crippen LogP) is 5.15. The Morgan fingerprint density at radius 3 is 2.29 bits per heavy atom. The molecule has 1 aliphatic heterocycles. The maximum Gasteiger partial charge on any atom is 0.124 e. The first kappa shape index (κ1) is 19.1. The van der Waals surface area contributed by atoms with Gasteiger partial charge < -0.3 is 0 Å². The average Bonchev–Trinajstić information content (AvgIpc) is 3.07. The largest absolute Gasteiger partial charge is 0.288 e. The van der Waals surface area contributed by atoms with E-state index in [1.807, 2.05) is 28.9 Å². The van der Waals surface area contributed by atoms with Crippen molar-refractivity contribution >= 4 is 11.0 Å². The van der Waals surface area contributed by atoms with E-state index in [-0.39, 0.29) is 17.2 Å². The summed E-state index contributed by atoms with van der Waals surface area (Å²) in [5.74, 6) is 0. The van der Waals surface area contributed by atoms with E-state index in [1.165, 1.54) is 6.42 Å². The second-order valence-electron chi connectivity index (χ2n) is 9.04. The summed E-state index contributed by atoms with van der Waals surface area (Å²) in [6.45, 7) is 9.73. The van der Waals surface area contributed by atoms with Gasteiger partial charge in [0.15, 0.2) is 0 Å². The van der Waals surface area contributed by atoms with Gasteiger partial charge in [0.05, 0.1) is 12.1 Å². The summed E-state index contributed by atoms with van der Waals surface area (Å²) in [7, 11) is 0. The highest BCUT2D eigenvalue weighted by atomic mass is 16.7. The highest BCUT2D eigenvalue weighted by molar-refractivity contribution is 5.73. The Bertz CT molecular complexity index is 916. The van der Waals surface area contributed by atoms with Crippen LogP contribution in [-0.2, 0) is 11.4 Å². The molecule has 1 unspecified atom stereocenters. The molecule has 1 saturated heterocycles. The van der Waals surface area contributed by atoms with Crippen LogP contribution in [0, 0.1) is 0 Å². The molecule has 2 aromatic carbocycles. The van der Waals surface area contributed by atoms with E-state index in [2.05, 4.69) is 73.4 Å². The smallest absolute Gasteiger partial charge is 0.124 e. The van der Waals surface area contributed by atoms with Gasteiger partial charge in [0.2, 0.25) is 0 Å². The van der Waals surface area contributed by atoms with Crippen molar-refractivity contribution in [1.82, 2.24) is 20.1 Å². The monoisotopic (exact) mass is 378 g/mol. The predicted molar refractivity (Wildman–Crippen MR) is 112 cm³/mol. The molecule has 0 saturated carbocycles. The molecular weight excluding hydrogens is 348 g/mol. The Hall–Kier alpha value is -2.24. The maximum absolute atomic E-state index is 6.77. The van der Waals surface area contributed by atoms with Crippen LogP contribution in [0.3, 0.4) is 0 Å². The number of piperidine rings is 1. The minimum absolute atomic E-state index is 0.0147. The summed E-state index contributed by atoms with van der Waals surface area (Å²) >= 11 is 0. The minimum Gasteiger partial charge on any atom is -0.288 e. The van der Waals surface area contributed by atoms with Crippen molar-refractivity contribution < 1.29 is 4.84 Å². The average molecular weight is 379 g/mol. The van der Waals surface area contributed by atoms with E-state index in [0.29, 0.717) is 6.54 Å². The lowest BCUT2D eigenvalue weighted by atomic mass is 9.82. The van der Waals surface area contributed by atoms with Crippen LogP contribution in [-0.4, -0.2) is 31.1 Å². The summed E-state index contributed by atoms with van der Waals surface area (Å²) < 4.78 is 1.96. The molecule has 5 nitrogen and oxygen atoms in total. The van der Waals surface area contributed by atoms with Crippen LogP contribution in [0.4, 0.5) is 0 Å². The van der Waals surface area contributed by atoms with E-state index in [4.69, 9.17) is 4.84 Å². The SMILES string of the molecule is CC1(C)CCCC(C)(C)N1OC(Cn1nnc2ccccc21)c1ccccc1. The Kier molecular flexibility index (Phi) is 4.98. The Balaban J connectivity index is 1.68. The van der Waals surface area contributed by atoms with Crippen molar-refractivity contribution in [2.75, 3.05) is 0 Å². The summed E-state index contributed by atoms with van der Waals surface area (Å²) in [5, 5.41) is 10.9. The van der Waals surface area contributed by atoms with Gasteiger partial charge in [-0.05, 0) is 64.7 Å². The van der Waals surface area contributed by atoms with E-state index in [9.17, 15) is 0 Å². The van der Waals surface area contributed by atoms with Crippen molar-refractivity contribution in [3.63, 3.8) is 0 Å². The molecule has 5 heteroatoms. The van der Waals surface area contributed by atoms with Crippen molar-refractivity contribution in [1.29, 1.82) is 0 Å². The summed E-state index contributed by atoms with van der Waals surface area (Å²) in [4.78, 5) is 6.77. The van der Waals surface area contributed by atoms with Crippen molar-refractivity contribution in [3.8, 4) is 0 Å². The fourth-order valence-electron chi connectivity index (χ4n) is 4.47. The molecule has 0 radical (unpaired) electrons. The zero-order valence-electron chi connectivity index (χ0n) is 17.3. The normalized spacial score (nSPS) is 20.3. The summed E-state index contributed by atoms with van der Waals surface area (Å²) in [6, 6.07) is 18.5. The second kappa shape index (κ2) is 7.30. The molecular formula is C23H30N4O. The maximum atomic E-state index is 6.77. The lowest BCUT2D eigenvalue weighted by Crippen LogP contribution is -2.58. The molecule has 0 spiro atoms. The quantitative estimate of drug-likeness (QED) is 0.616. The molecule has 0 amide bonds. The van der Waals surface area contributed by atoms with Gasteiger partial charge in [0.1, 0.15) is 11.6 Å². The Morgan fingerprint density at radius 1 is 0.929 bits per heavy atom. The van der Waals surface area contributed by atoms with Gasteiger partial charge in [0, 0.05) is 11.1 Å². The highest BCUT2D eigenvalue weighted by Gasteiger charge is 2.43. The fraction of sp³-hybridized carbons (Fsp3) is 0.478. The molecule has 3 aromatic rings. The first-order chi connectivity index (χ1) is 13.4. The van der Waals surface area contributed by atoms with E-state index in [1.54, 1.807) is 0 Å². The van der Waals surface area contributed by atoms with Crippen LogP contribution >= 0.6 is 0 Å². The summed E-state index contributed by atoms with van der Waals surface area (Å²) in [6.07, 6.45) is 3.35. The number of hydroxylamine groups is 2. The topological polar surface area (TPSA) is 43.2 Å². The van der Waals surface area contributed by atoms with Crippen LogP contribution in [0.5, 0.6) is 0 Å². The van der Waals surface area contributed by atoms with Gasteiger partial charge in [-0.1, -0.05) is 47.7 Å². The first-order valence-corrected chi connectivity index (χ1v) is 10.2. The molecule has 28 heavy (non-hydrogen) atoms. The van der Waals surface area contributed by atoms with Gasteiger partial charge in [-0.2, -0.15) is 5.06 Å². The number of rotatable bonds is 5. The van der Waals surface area contributed by atoms with Gasteiger partial charge in [-0.3, -0.25) is 4.84 Å². The van der Waals surface area contributed by atoms with Crippen LogP contribution in [0.15, 0.2) is 54.6 Å². The molecule has 2 heterocycles. The molecule has 0 bridgehead atoms. The summed E-state index contributed by atoms with van der Waals surface area (Å²) in [5.41, 5.74) is 3.06. The third kappa shape index (κ3) is 3.69. The zero-order chi connectivity index (χ0) is 19.8. The molecule has 1 aromatic heterocycles. The van der Waals surface area contributed by atoms with Crippen LogP contribution in [0.2, 0.25) is 0 Å². The third-order valence-corrected chi connectivity index (χ3v) is 5.84. The lowest BCUT2D eigenvalue weighted by molar-refractivity contribution is -0.309.